The summed E-state index contributed by atoms with van der Waals surface area (Å²) in [7, 11) is 1.85. The number of esters is 1. The van der Waals surface area contributed by atoms with Crippen molar-refractivity contribution in [3.63, 3.8) is 0 Å². The molecule has 219 valence electrons. The first-order valence-corrected chi connectivity index (χ1v) is 15.3. The average Bonchev–Trinajstić information content (AvgIpc) is 3.21. The predicted molar refractivity (Wildman–Crippen MR) is 146 cm³/mol. The van der Waals surface area contributed by atoms with E-state index in [9.17, 15) is 19.5 Å². The number of aliphatic hydroxyl groups excluding tert-OH is 1. The van der Waals surface area contributed by atoms with Gasteiger partial charge in [-0.2, -0.15) is 0 Å². The number of aliphatic hydroxyl groups is 1. The van der Waals surface area contributed by atoms with Crippen molar-refractivity contribution in [3.8, 4) is 0 Å². The molecule has 1 radical (unpaired) electrons. The number of hydrogen-bond acceptors (Lipinski definition) is 6. The number of ketones is 2. The molecule has 4 saturated carbocycles. The monoisotopic (exact) mass is 621 g/mol. The number of ether oxygens (including phenoxy) is 2. The Labute approximate surface area is 261 Å². The Kier molecular flexibility index (Phi) is 11.5. The summed E-state index contributed by atoms with van der Waals surface area (Å²) < 4.78 is 12.1. The van der Waals surface area contributed by atoms with E-state index < -0.39 is 0 Å². The largest absolute Gasteiger partial charge is 0.462 e. The van der Waals surface area contributed by atoms with E-state index in [4.69, 9.17) is 9.47 Å². The molecule has 4 aliphatic carbocycles. The van der Waals surface area contributed by atoms with Crippen LogP contribution in [0.5, 0.6) is 0 Å². The van der Waals surface area contributed by atoms with Gasteiger partial charge in [0, 0.05) is 59.1 Å². The molecule has 0 aromatic carbocycles. The van der Waals surface area contributed by atoms with Crippen LogP contribution in [-0.4, -0.2) is 48.1 Å². The van der Waals surface area contributed by atoms with Gasteiger partial charge in [-0.3, -0.25) is 4.79 Å². The fraction of sp³-hybridized carbons (Fsp3) is 0.906. The minimum Gasteiger partial charge on any atom is -0.462 e. The molecule has 0 saturated heterocycles. The molecular formula is C32H52O6Y. The molecule has 39 heavy (non-hydrogen) atoms. The van der Waals surface area contributed by atoms with Crippen LogP contribution in [0.4, 0.5) is 0 Å². The Bertz CT molecular complexity index is 892. The van der Waals surface area contributed by atoms with Crippen molar-refractivity contribution >= 4 is 17.5 Å². The molecule has 11 atom stereocenters. The van der Waals surface area contributed by atoms with Crippen LogP contribution >= 0.6 is 0 Å². The first kappa shape index (κ1) is 33.3. The van der Waals surface area contributed by atoms with Gasteiger partial charge in [-0.15, -0.1) is 0 Å². The van der Waals surface area contributed by atoms with Gasteiger partial charge in [0.05, 0.1) is 12.2 Å². The number of rotatable bonds is 10. The van der Waals surface area contributed by atoms with Crippen molar-refractivity contribution in [2.24, 2.45) is 46.3 Å². The molecule has 4 aliphatic rings. The van der Waals surface area contributed by atoms with E-state index in [1.807, 2.05) is 7.11 Å². The summed E-state index contributed by atoms with van der Waals surface area (Å²) in [6.07, 6.45) is 9.38. The third kappa shape index (κ3) is 6.59. The van der Waals surface area contributed by atoms with Crippen molar-refractivity contribution in [2.45, 2.75) is 130 Å². The van der Waals surface area contributed by atoms with Crippen LogP contribution in [0.15, 0.2) is 0 Å². The fourth-order valence-corrected chi connectivity index (χ4v) is 9.80. The Balaban J connectivity index is 0.00000420. The Hall–Kier alpha value is -0.166. The molecule has 6 nitrogen and oxygen atoms in total. The molecule has 0 spiro atoms. The van der Waals surface area contributed by atoms with Gasteiger partial charge in [-0.05, 0) is 118 Å². The summed E-state index contributed by atoms with van der Waals surface area (Å²) in [5.41, 5.74) is -0.0260. The predicted octanol–water partition coefficient (Wildman–Crippen LogP) is 5.91. The number of fused-ring (bicyclic) bond motifs is 5. The summed E-state index contributed by atoms with van der Waals surface area (Å²) in [4.78, 5) is 35.3. The van der Waals surface area contributed by atoms with Crippen LogP contribution in [0.1, 0.15) is 112 Å². The summed E-state index contributed by atoms with van der Waals surface area (Å²) in [6, 6.07) is 0. The minimum absolute atomic E-state index is 0. The van der Waals surface area contributed by atoms with Crippen molar-refractivity contribution in [2.75, 3.05) is 7.11 Å². The molecule has 0 aromatic heterocycles. The first-order chi connectivity index (χ1) is 17.9. The Morgan fingerprint density at radius 2 is 1.64 bits per heavy atom. The molecule has 7 heteroatoms. The van der Waals surface area contributed by atoms with Gasteiger partial charge in [0.2, 0.25) is 0 Å². The van der Waals surface area contributed by atoms with E-state index in [-0.39, 0.29) is 79.4 Å². The van der Waals surface area contributed by atoms with Gasteiger partial charge in [0.15, 0.2) is 0 Å². The van der Waals surface area contributed by atoms with E-state index in [2.05, 4.69) is 20.8 Å². The van der Waals surface area contributed by atoms with Gasteiger partial charge < -0.3 is 24.2 Å². The minimum atomic E-state index is -0.342. The first-order valence-electron chi connectivity index (χ1n) is 15.3. The second kappa shape index (κ2) is 13.4. The molecule has 0 aliphatic heterocycles. The number of carbonyl (C=O) groups excluding carboxylic acids is 3. The summed E-state index contributed by atoms with van der Waals surface area (Å²) in [5, 5.41) is 11.8. The number of carbonyl (C=O) groups is 3. The smallest absolute Gasteiger partial charge is 0.306 e. The summed E-state index contributed by atoms with van der Waals surface area (Å²) >= 11 is 0. The molecule has 11 unspecified atom stereocenters. The van der Waals surface area contributed by atoms with Gasteiger partial charge in [0.25, 0.3) is 0 Å². The van der Waals surface area contributed by atoms with E-state index >= 15 is 0 Å². The molecule has 0 aromatic rings. The van der Waals surface area contributed by atoms with E-state index in [1.165, 1.54) is 0 Å². The van der Waals surface area contributed by atoms with Crippen molar-refractivity contribution in [1.29, 1.82) is 0 Å². The van der Waals surface area contributed by atoms with Crippen LogP contribution in [0.3, 0.4) is 0 Å². The maximum atomic E-state index is 12.4. The van der Waals surface area contributed by atoms with Gasteiger partial charge in [-0.25, -0.2) is 0 Å². The topological polar surface area (TPSA) is 89.9 Å². The Morgan fingerprint density at radius 3 is 2.28 bits per heavy atom. The maximum absolute atomic E-state index is 12.4. The van der Waals surface area contributed by atoms with Crippen LogP contribution in [0, 0.1) is 46.3 Å². The van der Waals surface area contributed by atoms with Gasteiger partial charge >= 0.3 is 5.97 Å². The van der Waals surface area contributed by atoms with Crippen LogP contribution < -0.4 is 0 Å². The number of Topliss-reactive ketones (excluding diaryl/α,β-unsaturated/α-hetero) is 2. The second-order valence-corrected chi connectivity index (χ2v) is 14.0. The maximum Gasteiger partial charge on any atom is 0.306 e. The van der Waals surface area contributed by atoms with E-state index in [0.29, 0.717) is 61.2 Å². The average molecular weight is 622 g/mol. The van der Waals surface area contributed by atoms with Crippen LogP contribution in [-0.2, 0) is 56.6 Å². The molecule has 4 fully saturated rings. The summed E-state index contributed by atoms with van der Waals surface area (Å²) in [6.45, 7) is 10.3. The Morgan fingerprint density at radius 1 is 0.949 bits per heavy atom. The SMILES string of the molecule is COC1CC2CC(OC(=O)CCCC(C)=O)CCC2(C)C2CC(O)C3(C)C(C(C)CCC(C)=O)CCC3C12.[Y]. The van der Waals surface area contributed by atoms with Crippen molar-refractivity contribution < 1.29 is 61.7 Å². The van der Waals surface area contributed by atoms with Crippen molar-refractivity contribution in [1.82, 2.24) is 0 Å². The standard InChI is InChI=1S/C32H52O6.Y/c1-19(10-11-21(3)34)24-12-13-25-30-26(18-28(35)32(24,25)5)31(4)15-14-23(16-22(31)17-27(30)37-6)38-29(36)9-7-8-20(2)33;/h19,22-28,30,35H,7-18H2,1-6H3;. The number of hydrogen-bond donors (Lipinski definition) is 1. The zero-order valence-corrected chi connectivity index (χ0v) is 28.1. The second-order valence-electron chi connectivity index (χ2n) is 14.0. The molecule has 1 N–H and O–H groups in total. The normalized spacial score (nSPS) is 41.8. The van der Waals surface area contributed by atoms with Crippen LogP contribution in [0.25, 0.3) is 0 Å². The fourth-order valence-electron chi connectivity index (χ4n) is 9.80. The molecule has 4 rings (SSSR count). The third-order valence-corrected chi connectivity index (χ3v) is 11.9. The molecule has 0 bridgehead atoms. The van der Waals surface area contributed by atoms with Crippen molar-refractivity contribution in [3.05, 3.63) is 0 Å². The third-order valence-electron chi connectivity index (χ3n) is 11.9. The zero-order valence-electron chi connectivity index (χ0n) is 25.2. The molecule has 0 heterocycles. The number of methoxy groups -OCH3 is 1. The zero-order chi connectivity index (χ0) is 27.8. The molecule has 0 amide bonds. The van der Waals surface area contributed by atoms with E-state index in [1.54, 1.807) is 13.8 Å². The van der Waals surface area contributed by atoms with Crippen LogP contribution in [0.2, 0.25) is 0 Å². The van der Waals surface area contributed by atoms with Gasteiger partial charge in [-0.1, -0.05) is 20.8 Å². The molecular weight excluding hydrogens is 569 g/mol. The summed E-state index contributed by atoms with van der Waals surface area (Å²) in [5.74, 6) is 2.71. The quantitative estimate of drug-likeness (QED) is 0.305. The van der Waals surface area contributed by atoms with E-state index in [0.717, 1.165) is 51.4 Å². The van der Waals surface area contributed by atoms with Gasteiger partial charge in [0.1, 0.15) is 17.7 Å².